The molecule has 0 bridgehead atoms. The number of ether oxygens (including phenoxy) is 2. The van der Waals surface area contributed by atoms with E-state index in [-0.39, 0.29) is 24.0 Å². The average Bonchev–Trinajstić information content (AvgIpc) is 2.80. The first-order valence-corrected chi connectivity index (χ1v) is 8.62. The Hall–Kier alpha value is -2.38. The van der Waals surface area contributed by atoms with E-state index in [9.17, 15) is 18.4 Å². The van der Waals surface area contributed by atoms with E-state index >= 15 is 0 Å². The molecule has 0 saturated carbocycles. The molecule has 1 heterocycles. The minimum Gasteiger partial charge on any atom is -0.493 e. The second kappa shape index (κ2) is 8.33. The average molecular weight is 370 g/mol. The predicted molar refractivity (Wildman–Crippen MR) is 91.3 cm³/mol. The van der Waals surface area contributed by atoms with Crippen molar-refractivity contribution < 1.29 is 27.8 Å². The SMILES string of the molecule is CCCC1(CCC)NC(=O)N(Cc2ccc(OC(F)F)c(OC)c2)C1=O. The topological polar surface area (TPSA) is 67.9 Å². The van der Waals surface area contributed by atoms with Gasteiger partial charge in [-0.05, 0) is 30.5 Å². The normalized spacial score (nSPS) is 16.2. The number of urea groups is 1. The lowest BCUT2D eigenvalue weighted by molar-refractivity contribution is -0.132. The van der Waals surface area contributed by atoms with Crippen LogP contribution in [0.2, 0.25) is 0 Å². The minimum atomic E-state index is -2.97. The van der Waals surface area contributed by atoms with Gasteiger partial charge in [-0.2, -0.15) is 8.78 Å². The van der Waals surface area contributed by atoms with Crippen LogP contribution in [0.4, 0.5) is 13.6 Å². The molecule has 1 aromatic carbocycles. The van der Waals surface area contributed by atoms with E-state index in [1.807, 2.05) is 13.8 Å². The van der Waals surface area contributed by atoms with E-state index in [0.29, 0.717) is 18.4 Å². The van der Waals surface area contributed by atoms with Gasteiger partial charge >= 0.3 is 12.6 Å². The van der Waals surface area contributed by atoms with Gasteiger partial charge in [0, 0.05) is 0 Å². The van der Waals surface area contributed by atoms with E-state index in [4.69, 9.17) is 4.74 Å². The standard InChI is InChI=1S/C18H24F2N2O4/c1-4-8-18(9-5-2)15(23)22(17(24)21-18)11-12-6-7-13(26-16(19)20)14(10-12)25-3/h6-7,10,16H,4-5,8-9,11H2,1-3H3,(H,21,24). The quantitative estimate of drug-likeness (QED) is 0.673. The fraction of sp³-hybridized carbons (Fsp3) is 0.556. The van der Waals surface area contributed by atoms with E-state index in [1.54, 1.807) is 0 Å². The number of hydrogen-bond acceptors (Lipinski definition) is 4. The van der Waals surface area contributed by atoms with Gasteiger partial charge in [0.25, 0.3) is 5.91 Å². The van der Waals surface area contributed by atoms with E-state index in [1.165, 1.54) is 25.3 Å². The van der Waals surface area contributed by atoms with Gasteiger partial charge in [0.1, 0.15) is 5.54 Å². The molecule has 26 heavy (non-hydrogen) atoms. The summed E-state index contributed by atoms with van der Waals surface area (Å²) in [6.07, 6.45) is 2.69. The first-order valence-electron chi connectivity index (χ1n) is 8.62. The maximum Gasteiger partial charge on any atom is 0.387 e. The number of carbonyl (C=O) groups is 2. The number of carbonyl (C=O) groups excluding carboxylic acids is 2. The number of imide groups is 1. The van der Waals surface area contributed by atoms with Crippen LogP contribution in [-0.2, 0) is 11.3 Å². The van der Waals surface area contributed by atoms with Crippen molar-refractivity contribution in [3.05, 3.63) is 23.8 Å². The zero-order valence-electron chi connectivity index (χ0n) is 15.2. The third-order valence-electron chi connectivity index (χ3n) is 4.38. The summed E-state index contributed by atoms with van der Waals surface area (Å²) in [6.45, 7) is 0.994. The molecule has 1 aromatic rings. The molecular formula is C18H24F2N2O4. The van der Waals surface area contributed by atoms with Crippen molar-refractivity contribution >= 4 is 11.9 Å². The number of rotatable bonds is 9. The molecule has 2 rings (SSSR count). The predicted octanol–water partition coefficient (Wildman–Crippen LogP) is 3.69. The fourth-order valence-corrected chi connectivity index (χ4v) is 3.32. The van der Waals surface area contributed by atoms with Crippen LogP contribution in [0, 0.1) is 0 Å². The van der Waals surface area contributed by atoms with Gasteiger partial charge in [-0.1, -0.05) is 32.8 Å². The van der Waals surface area contributed by atoms with E-state index in [2.05, 4.69) is 10.1 Å². The van der Waals surface area contributed by atoms with E-state index in [0.717, 1.165) is 17.7 Å². The Bertz CT molecular complexity index is 661. The molecule has 0 aliphatic carbocycles. The van der Waals surface area contributed by atoms with Crippen LogP contribution in [0.1, 0.15) is 45.1 Å². The summed E-state index contributed by atoms with van der Waals surface area (Å²) in [5.74, 6) is -0.240. The lowest BCUT2D eigenvalue weighted by Gasteiger charge is -2.25. The monoisotopic (exact) mass is 370 g/mol. The first-order chi connectivity index (χ1) is 12.4. The molecule has 0 radical (unpaired) electrons. The third-order valence-corrected chi connectivity index (χ3v) is 4.38. The molecule has 0 spiro atoms. The second-order valence-corrected chi connectivity index (χ2v) is 6.27. The summed E-state index contributed by atoms with van der Waals surface area (Å²) < 4.78 is 34.3. The van der Waals surface area contributed by atoms with Crippen molar-refractivity contribution in [1.29, 1.82) is 0 Å². The molecule has 8 heteroatoms. The van der Waals surface area contributed by atoms with Crippen molar-refractivity contribution in [2.75, 3.05) is 7.11 Å². The Balaban J connectivity index is 2.22. The van der Waals surface area contributed by atoms with Gasteiger partial charge in [-0.25, -0.2) is 4.79 Å². The van der Waals surface area contributed by atoms with Crippen LogP contribution in [0.3, 0.4) is 0 Å². The Morgan fingerprint density at radius 1 is 1.15 bits per heavy atom. The van der Waals surface area contributed by atoms with Crippen LogP contribution in [0.25, 0.3) is 0 Å². The molecule has 0 atom stereocenters. The van der Waals surface area contributed by atoms with Gasteiger partial charge in [0.15, 0.2) is 11.5 Å². The molecule has 144 valence electrons. The molecule has 1 aliphatic heterocycles. The van der Waals surface area contributed by atoms with E-state index < -0.39 is 18.2 Å². The summed E-state index contributed by atoms with van der Waals surface area (Å²) in [7, 11) is 1.33. The molecule has 1 N–H and O–H groups in total. The minimum absolute atomic E-state index is 0.0329. The molecule has 0 aromatic heterocycles. The number of amides is 3. The molecule has 0 unspecified atom stereocenters. The van der Waals surface area contributed by atoms with Gasteiger partial charge in [-0.3, -0.25) is 9.69 Å². The number of alkyl halides is 2. The lowest BCUT2D eigenvalue weighted by atomic mass is 9.88. The second-order valence-electron chi connectivity index (χ2n) is 6.27. The lowest BCUT2D eigenvalue weighted by Crippen LogP contribution is -2.46. The largest absolute Gasteiger partial charge is 0.493 e. The van der Waals surface area contributed by atoms with Crippen molar-refractivity contribution in [2.45, 2.75) is 58.2 Å². The van der Waals surface area contributed by atoms with Crippen molar-refractivity contribution in [1.82, 2.24) is 10.2 Å². The van der Waals surface area contributed by atoms with Gasteiger partial charge in [-0.15, -0.1) is 0 Å². The van der Waals surface area contributed by atoms with Gasteiger partial charge in [0.05, 0.1) is 13.7 Å². The highest BCUT2D eigenvalue weighted by atomic mass is 19.3. The maximum atomic E-state index is 12.9. The van der Waals surface area contributed by atoms with Crippen LogP contribution in [0.15, 0.2) is 18.2 Å². The van der Waals surface area contributed by atoms with Crippen LogP contribution in [0.5, 0.6) is 11.5 Å². The number of nitrogens with one attached hydrogen (secondary N) is 1. The zero-order chi connectivity index (χ0) is 19.3. The summed E-state index contributed by atoms with van der Waals surface area (Å²) >= 11 is 0. The Morgan fingerprint density at radius 3 is 2.35 bits per heavy atom. The Morgan fingerprint density at radius 2 is 1.81 bits per heavy atom. The summed E-state index contributed by atoms with van der Waals surface area (Å²) in [5, 5.41) is 2.84. The van der Waals surface area contributed by atoms with Crippen molar-refractivity contribution in [3.8, 4) is 11.5 Å². The number of methoxy groups -OCH3 is 1. The van der Waals surface area contributed by atoms with Gasteiger partial charge in [0.2, 0.25) is 0 Å². The number of halogens is 2. The van der Waals surface area contributed by atoms with Crippen LogP contribution in [-0.4, -0.2) is 36.1 Å². The Labute approximate surface area is 151 Å². The third kappa shape index (κ3) is 4.05. The first kappa shape index (κ1) is 19.9. The zero-order valence-corrected chi connectivity index (χ0v) is 15.2. The Kier molecular flexibility index (Phi) is 6.39. The number of hydrogen-bond donors (Lipinski definition) is 1. The molecule has 1 aliphatic rings. The van der Waals surface area contributed by atoms with Crippen LogP contribution < -0.4 is 14.8 Å². The summed E-state index contributed by atoms with van der Waals surface area (Å²) in [5.41, 5.74) is -0.278. The number of benzene rings is 1. The van der Waals surface area contributed by atoms with Gasteiger partial charge < -0.3 is 14.8 Å². The highest BCUT2D eigenvalue weighted by Crippen LogP contribution is 2.32. The highest BCUT2D eigenvalue weighted by Gasteiger charge is 2.49. The summed E-state index contributed by atoms with van der Waals surface area (Å²) in [6, 6.07) is 3.91. The number of nitrogens with zero attached hydrogens (tertiary/aromatic N) is 1. The fourth-order valence-electron chi connectivity index (χ4n) is 3.32. The highest BCUT2D eigenvalue weighted by molar-refractivity contribution is 6.06. The molecule has 3 amide bonds. The molecular weight excluding hydrogens is 346 g/mol. The van der Waals surface area contributed by atoms with Crippen molar-refractivity contribution in [2.24, 2.45) is 0 Å². The molecule has 6 nitrogen and oxygen atoms in total. The molecule has 1 saturated heterocycles. The van der Waals surface area contributed by atoms with Crippen LogP contribution >= 0.6 is 0 Å². The summed E-state index contributed by atoms with van der Waals surface area (Å²) in [4.78, 5) is 26.4. The maximum absolute atomic E-state index is 12.9. The smallest absolute Gasteiger partial charge is 0.387 e. The molecule has 1 fully saturated rings. The van der Waals surface area contributed by atoms with Crippen molar-refractivity contribution in [3.63, 3.8) is 0 Å².